The lowest BCUT2D eigenvalue weighted by Gasteiger charge is -2.50. The second kappa shape index (κ2) is 9.99. The molecule has 0 aromatic heterocycles. The van der Waals surface area contributed by atoms with Crippen LogP contribution in [-0.2, 0) is 25.5 Å². The fraction of sp³-hybridized carbons (Fsp3) is 0.407. The average molecular weight is 557 g/mol. The fourth-order valence-corrected chi connectivity index (χ4v) is 6.07. The van der Waals surface area contributed by atoms with Gasteiger partial charge < -0.3 is 35.8 Å². The number of hydrogen-bond acceptors (Lipinski definition) is 11. The molecule has 1 saturated carbocycles. The SMILES string of the molecule is C=CCOC(=O)Nc1cc(N(C)C)c2c(c1O)C(O)=C1C(=O)[C@@]3(O)C(O)=C(C(N)=O)C(=O)[C@@H](N(C)C)[C@H]3C[C@H]1C2. The summed E-state index contributed by atoms with van der Waals surface area (Å²) in [6.07, 6.45) is 0.528. The summed E-state index contributed by atoms with van der Waals surface area (Å²) in [4.78, 5) is 54.6. The number of ether oxygens (including phenoxy) is 1. The molecule has 0 aliphatic heterocycles. The Labute approximate surface area is 229 Å². The first-order valence-corrected chi connectivity index (χ1v) is 12.4. The van der Waals surface area contributed by atoms with Gasteiger partial charge in [-0.25, -0.2) is 4.79 Å². The quantitative estimate of drug-likeness (QED) is 0.164. The molecule has 4 rings (SSSR count). The number of aromatic hydroxyl groups is 1. The molecule has 13 nitrogen and oxygen atoms in total. The summed E-state index contributed by atoms with van der Waals surface area (Å²) in [6.45, 7) is 3.37. The van der Waals surface area contributed by atoms with E-state index in [2.05, 4.69) is 11.9 Å². The van der Waals surface area contributed by atoms with Gasteiger partial charge in [0, 0.05) is 31.3 Å². The minimum absolute atomic E-state index is 0.0345. The number of aliphatic hydroxyl groups is 3. The Morgan fingerprint density at radius 1 is 1.23 bits per heavy atom. The maximum Gasteiger partial charge on any atom is 0.412 e. The topological polar surface area (TPSA) is 203 Å². The molecule has 4 atom stereocenters. The molecule has 7 N–H and O–H groups in total. The van der Waals surface area contributed by atoms with Gasteiger partial charge in [0.15, 0.2) is 17.1 Å². The first kappa shape index (κ1) is 28.6. The number of fused-ring (bicyclic) bond motifs is 3. The van der Waals surface area contributed by atoms with Gasteiger partial charge in [0.1, 0.15) is 23.7 Å². The molecule has 0 saturated heterocycles. The summed E-state index contributed by atoms with van der Waals surface area (Å²) >= 11 is 0. The largest absolute Gasteiger partial charge is 0.508 e. The van der Waals surface area contributed by atoms with Crippen molar-refractivity contribution in [1.29, 1.82) is 0 Å². The van der Waals surface area contributed by atoms with Gasteiger partial charge in [-0.1, -0.05) is 12.7 Å². The number of nitrogens with two attached hydrogens (primary N) is 1. The highest BCUT2D eigenvalue weighted by molar-refractivity contribution is 6.24. The minimum atomic E-state index is -2.74. The zero-order valence-electron chi connectivity index (χ0n) is 22.5. The van der Waals surface area contributed by atoms with Gasteiger partial charge in [-0.05, 0) is 44.5 Å². The Hall–Kier alpha value is -4.36. The van der Waals surface area contributed by atoms with E-state index in [1.54, 1.807) is 19.0 Å². The molecule has 40 heavy (non-hydrogen) atoms. The summed E-state index contributed by atoms with van der Waals surface area (Å²) in [5.41, 5.74) is 2.12. The van der Waals surface area contributed by atoms with Crippen molar-refractivity contribution in [2.45, 2.75) is 24.5 Å². The van der Waals surface area contributed by atoms with Gasteiger partial charge in [-0.3, -0.25) is 24.6 Å². The highest BCUT2D eigenvalue weighted by Gasteiger charge is 2.64. The number of nitrogens with zero attached hydrogens (tertiary/aromatic N) is 2. The predicted octanol–water partition coefficient (Wildman–Crippen LogP) is 0.765. The monoisotopic (exact) mass is 556 g/mol. The van der Waals surface area contributed by atoms with Crippen molar-refractivity contribution in [3.8, 4) is 5.75 Å². The molecule has 0 spiro atoms. The van der Waals surface area contributed by atoms with E-state index in [9.17, 15) is 39.6 Å². The van der Waals surface area contributed by atoms with Crippen molar-refractivity contribution in [3.63, 3.8) is 0 Å². The van der Waals surface area contributed by atoms with Gasteiger partial charge in [0.05, 0.1) is 17.3 Å². The number of aliphatic hydroxyl groups excluding tert-OH is 2. The van der Waals surface area contributed by atoms with E-state index in [1.807, 2.05) is 0 Å². The van der Waals surface area contributed by atoms with Crippen LogP contribution in [0.15, 0.2) is 35.6 Å². The van der Waals surface area contributed by atoms with E-state index in [4.69, 9.17) is 10.5 Å². The number of amides is 2. The number of phenols is 1. The molecule has 0 unspecified atom stereocenters. The zero-order chi connectivity index (χ0) is 29.8. The summed E-state index contributed by atoms with van der Waals surface area (Å²) in [7, 11) is 6.49. The maximum absolute atomic E-state index is 14.0. The van der Waals surface area contributed by atoms with Crippen LogP contribution >= 0.6 is 0 Å². The lowest BCUT2D eigenvalue weighted by molar-refractivity contribution is -0.153. The van der Waals surface area contributed by atoms with Crippen LogP contribution < -0.4 is 16.0 Å². The van der Waals surface area contributed by atoms with Gasteiger partial charge in [0.25, 0.3) is 5.91 Å². The van der Waals surface area contributed by atoms with Crippen LogP contribution in [0.25, 0.3) is 5.76 Å². The predicted molar refractivity (Wildman–Crippen MR) is 144 cm³/mol. The zero-order valence-corrected chi connectivity index (χ0v) is 22.5. The molecule has 214 valence electrons. The Morgan fingerprint density at radius 2 is 1.88 bits per heavy atom. The third-order valence-electron chi connectivity index (χ3n) is 7.75. The number of anilines is 2. The lowest BCUT2D eigenvalue weighted by atomic mass is 9.57. The van der Waals surface area contributed by atoms with Crippen molar-refractivity contribution >= 4 is 40.7 Å². The maximum atomic E-state index is 14.0. The van der Waals surface area contributed by atoms with E-state index in [-0.39, 0.29) is 36.3 Å². The van der Waals surface area contributed by atoms with Crippen molar-refractivity contribution in [3.05, 3.63) is 46.8 Å². The highest BCUT2D eigenvalue weighted by Crippen LogP contribution is 2.54. The van der Waals surface area contributed by atoms with Crippen LogP contribution in [0, 0.1) is 11.8 Å². The summed E-state index contributed by atoms with van der Waals surface area (Å²) in [5, 5.41) is 47.6. The molecule has 3 aliphatic rings. The van der Waals surface area contributed by atoms with Gasteiger partial charge in [-0.2, -0.15) is 0 Å². The van der Waals surface area contributed by atoms with Crippen LogP contribution in [0.2, 0.25) is 0 Å². The van der Waals surface area contributed by atoms with Crippen molar-refractivity contribution in [2.24, 2.45) is 17.6 Å². The van der Waals surface area contributed by atoms with E-state index < -0.39 is 69.9 Å². The Bertz CT molecular complexity index is 1410. The molecule has 0 heterocycles. The molecular weight excluding hydrogens is 524 g/mol. The number of phenolic OH excluding ortho intramolecular Hbond substituents is 1. The number of primary amides is 1. The van der Waals surface area contributed by atoms with Crippen LogP contribution in [0.4, 0.5) is 16.2 Å². The molecule has 0 radical (unpaired) electrons. The highest BCUT2D eigenvalue weighted by atomic mass is 16.5. The number of ketones is 2. The Balaban J connectivity index is 1.94. The summed E-state index contributed by atoms with van der Waals surface area (Å²) in [5.74, 6) is -7.54. The van der Waals surface area contributed by atoms with Crippen LogP contribution in [0.5, 0.6) is 5.75 Å². The number of carbonyl (C=O) groups excluding carboxylic acids is 4. The summed E-state index contributed by atoms with van der Waals surface area (Å²) < 4.78 is 4.92. The van der Waals surface area contributed by atoms with Crippen molar-refractivity contribution in [1.82, 2.24) is 4.90 Å². The molecule has 2 amide bonds. The van der Waals surface area contributed by atoms with E-state index in [0.29, 0.717) is 11.3 Å². The van der Waals surface area contributed by atoms with Crippen LogP contribution in [0.3, 0.4) is 0 Å². The number of likely N-dealkylation sites (N-methyl/N-ethyl adjacent to an activating group) is 1. The molecule has 1 fully saturated rings. The van der Waals surface area contributed by atoms with Crippen molar-refractivity contribution in [2.75, 3.05) is 45.0 Å². The second-order valence-corrected chi connectivity index (χ2v) is 10.5. The number of Topliss-reactive ketones (excluding diaryl/α,β-unsaturated/α-hetero) is 2. The number of hydrogen-bond donors (Lipinski definition) is 6. The Kier molecular flexibility index (Phi) is 7.15. The van der Waals surface area contributed by atoms with Gasteiger partial charge in [0.2, 0.25) is 5.78 Å². The third-order valence-corrected chi connectivity index (χ3v) is 7.75. The normalized spacial score (nSPS) is 25.7. The number of carbonyl (C=O) groups is 4. The fourth-order valence-electron chi connectivity index (χ4n) is 6.07. The first-order chi connectivity index (χ1) is 18.7. The number of nitrogens with one attached hydrogen (secondary N) is 1. The average Bonchev–Trinajstić information content (AvgIpc) is 2.85. The van der Waals surface area contributed by atoms with Crippen LogP contribution in [0.1, 0.15) is 17.5 Å². The van der Waals surface area contributed by atoms with E-state index in [0.717, 1.165) is 0 Å². The molecule has 13 heteroatoms. The molecule has 0 bridgehead atoms. The van der Waals surface area contributed by atoms with E-state index in [1.165, 1.54) is 31.1 Å². The smallest absolute Gasteiger partial charge is 0.412 e. The lowest BCUT2D eigenvalue weighted by Crippen LogP contribution is -2.65. The molecular formula is C27H32N4O9. The standard InChI is InChI=1S/C27H32N4O9/c1-6-7-40-26(38)29-14-10-15(30(2)3)12-8-11-9-13-19(31(4)5)22(34)18(25(28)37)24(36)27(13,39)23(35)16(11)21(33)17(12)20(14)32/h6,10-11,13,19,32-33,36,39H,1,7-9H2,2-5H3,(H2,28,37)(H,29,38)/t11-,13-,19+,27-/m1/s1. The minimum Gasteiger partial charge on any atom is -0.508 e. The second-order valence-electron chi connectivity index (χ2n) is 10.5. The Morgan fingerprint density at radius 3 is 2.42 bits per heavy atom. The molecule has 1 aromatic carbocycles. The van der Waals surface area contributed by atoms with Crippen LogP contribution in [-0.4, -0.2) is 95.3 Å². The first-order valence-electron chi connectivity index (χ1n) is 12.4. The number of benzene rings is 1. The van der Waals surface area contributed by atoms with Gasteiger partial charge in [-0.15, -0.1) is 0 Å². The van der Waals surface area contributed by atoms with Gasteiger partial charge >= 0.3 is 6.09 Å². The van der Waals surface area contributed by atoms with Crippen molar-refractivity contribution < 1.29 is 44.3 Å². The summed E-state index contributed by atoms with van der Waals surface area (Å²) in [6, 6.07) is 0.315. The third kappa shape index (κ3) is 4.09. The molecule has 1 aromatic rings. The van der Waals surface area contributed by atoms with E-state index >= 15 is 0 Å². The number of rotatable bonds is 6. The molecule has 3 aliphatic carbocycles.